The number of hydrogen-bond acceptors (Lipinski definition) is 3. The maximum Gasteiger partial charge on any atom is 0.355 e. The van der Waals surface area contributed by atoms with Crippen molar-refractivity contribution in [1.82, 2.24) is 9.78 Å². The Kier molecular flexibility index (Phi) is 1.99. The van der Waals surface area contributed by atoms with Crippen molar-refractivity contribution in [3.8, 4) is 0 Å². The van der Waals surface area contributed by atoms with Gasteiger partial charge in [0.2, 0.25) is 0 Å². The average molecular weight is 171 g/mol. The van der Waals surface area contributed by atoms with Crippen molar-refractivity contribution in [2.75, 3.05) is 0 Å². The number of hydrogen-bond donors (Lipinski definition) is 1. The van der Waals surface area contributed by atoms with Gasteiger partial charge in [0, 0.05) is 6.54 Å². The molecule has 0 aliphatic carbocycles. The lowest BCUT2D eigenvalue weighted by atomic mass is 10.4. The van der Waals surface area contributed by atoms with Gasteiger partial charge < -0.3 is 0 Å². The standard InChI is InChI=1S/C6H9N3O3/c1-3-8-6(10)5(9(11)12)4(2)7-8/h7H,3H2,1-2H3. The first-order valence-electron chi connectivity index (χ1n) is 3.51. The highest BCUT2D eigenvalue weighted by atomic mass is 16.6. The van der Waals surface area contributed by atoms with Crippen molar-refractivity contribution in [2.45, 2.75) is 20.4 Å². The summed E-state index contributed by atoms with van der Waals surface area (Å²) in [6.07, 6.45) is 0. The van der Waals surface area contributed by atoms with Crippen molar-refractivity contribution in [1.29, 1.82) is 0 Å². The van der Waals surface area contributed by atoms with Crippen LogP contribution in [0.25, 0.3) is 0 Å². The van der Waals surface area contributed by atoms with Crippen LogP contribution in [0, 0.1) is 17.0 Å². The molecule has 0 saturated carbocycles. The number of rotatable bonds is 2. The summed E-state index contributed by atoms with van der Waals surface area (Å²) >= 11 is 0. The van der Waals surface area contributed by atoms with Crippen LogP contribution in [0.5, 0.6) is 0 Å². The molecule has 0 bridgehead atoms. The Morgan fingerprint density at radius 2 is 2.25 bits per heavy atom. The fourth-order valence-corrected chi connectivity index (χ4v) is 1.03. The highest BCUT2D eigenvalue weighted by Gasteiger charge is 2.20. The Labute approximate surface area is 67.9 Å². The molecular weight excluding hydrogens is 162 g/mol. The maximum absolute atomic E-state index is 11.2. The van der Waals surface area contributed by atoms with Crippen LogP contribution in [-0.4, -0.2) is 14.7 Å². The van der Waals surface area contributed by atoms with Crippen molar-refractivity contribution >= 4 is 5.69 Å². The van der Waals surface area contributed by atoms with Crippen LogP contribution >= 0.6 is 0 Å². The minimum atomic E-state index is -0.666. The fourth-order valence-electron chi connectivity index (χ4n) is 1.03. The van der Waals surface area contributed by atoms with Crippen molar-refractivity contribution in [3.05, 3.63) is 26.2 Å². The first-order chi connectivity index (χ1) is 5.57. The minimum absolute atomic E-state index is 0.298. The van der Waals surface area contributed by atoms with Gasteiger partial charge in [-0.2, -0.15) is 0 Å². The lowest BCUT2D eigenvalue weighted by Crippen LogP contribution is -2.17. The molecule has 12 heavy (non-hydrogen) atoms. The molecule has 0 aliphatic heterocycles. The Bertz CT molecular complexity index is 363. The van der Waals surface area contributed by atoms with E-state index in [1.54, 1.807) is 6.92 Å². The third-order valence-electron chi connectivity index (χ3n) is 1.60. The van der Waals surface area contributed by atoms with E-state index in [-0.39, 0.29) is 5.69 Å². The number of aromatic amines is 1. The van der Waals surface area contributed by atoms with Crippen LogP contribution in [0.2, 0.25) is 0 Å². The molecule has 0 aliphatic rings. The summed E-state index contributed by atoms with van der Waals surface area (Å²) in [5, 5.41) is 13.0. The smallest absolute Gasteiger partial charge is 0.293 e. The lowest BCUT2D eigenvalue weighted by molar-refractivity contribution is -0.386. The van der Waals surface area contributed by atoms with E-state index in [1.807, 2.05) is 0 Å². The molecule has 0 fully saturated rings. The molecule has 0 unspecified atom stereocenters. The molecule has 0 aromatic carbocycles. The van der Waals surface area contributed by atoms with Crippen molar-refractivity contribution < 1.29 is 4.92 Å². The molecule has 1 aromatic heterocycles. The molecule has 6 nitrogen and oxygen atoms in total. The second-order valence-electron chi connectivity index (χ2n) is 2.39. The van der Waals surface area contributed by atoms with Crippen LogP contribution in [-0.2, 0) is 6.54 Å². The first kappa shape index (κ1) is 8.51. The van der Waals surface area contributed by atoms with Crippen LogP contribution in [0.15, 0.2) is 4.79 Å². The van der Waals surface area contributed by atoms with E-state index in [4.69, 9.17) is 0 Å². The number of aromatic nitrogens is 2. The maximum atomic E-state index is 11.2. The molecule has 1 aromatic rings. The van der Waals surface area contributed by atoms with E-state index in [9.17, 15) is 14.9 Å². The van der Waals surface area contributed by atoms with E-state index in [0.29, 0.717) is 12.2 Å². The van der Waals surface area contributed by atoms with Gasteiger partial charge in [-0.15, -0.1) is 0 Å². The Morgan fingerprint density at radius 3 is 2.50 bits per heavy atom. The average Bonchev–Trinajstić information content (AvgIpc) is 2.25. The Balaban J connectivity index is 3.39. The van der Waals surface area contributed by atoms with Gasteiger partial charge in [-0.05, 0) is 13.8 Å². The Morgan fingerprint density at radius 1 is 1.67 bits per heavy atom. The van der Waals surface area contributed by atoms with Gasteiger partial charge in [0.05, 0.1) is 4.92 Å². The number of nitro groups is 1. The van der Waals surface area contributed by atoms with Crippen LogP contribution in [0.3, 0.4) is 0 Å². The largest absolute Gasteiger partial charge is 0.355 e. The Hall–Kier alpha value is -1.59. The molecule has 0 radical (unpaired) electrons. The molecule has 0 spiro atoms. The normalized spacial score (nSPS) is 10.2. The summed E-state index contributed by atoms with van der Waals surface area (Å²) in [6, 6.07) is 0. The lowest BCUT2D eigenvalue weighted by Gasteiger charge is -1.89. The third-order valence-corrected chi connectivity index (χ3v) is 1.60. The van der Waals surface area contributed by atoms with Gasteiger partial charge in [-0.1, -0.05) is 0 Å². The first-order valence-corrected chi connectivity index (χ1v) is 3.51. The van der Waals surface area contributed by atoms with Gasteiger partial charge in [-0.3, -0.25) is 20.0 Å². The molecule has 0 amide bonds. The van der Waals surface area contributed by atoms with E-state index in [0.717, 1.165) is 0 Å². The predicted molar refractivity (Wildman–Crippen MR) is 42.1 cm³/mol. The molecule has 1 rings (SSSR count). The van der Waals surface area contributed by atoms with Crippen molar-refractivity contribution in [2.24, 2.45) is 0 Å². The summed E-state index contributed by atoms with van der Waals surface area (Å²) in [6.45, 7) is 3.65. The topological polar surface area (TPSA) is 80.9 Å². The van der Waals surface area contributed by atoms with Crippen LogP contribution in [0.1, 0.15) is 12.6 Å². The number of H-pyrrole nitrogens is 1. The summed E-state index contributed by atoms with van der Waals surface area (Å²) in [7, 11) is 0. The fraction of sp³-hybridized carbons (Fsp3) is 0.500. The van der Waals surface area contributed by atoms with Crippen molar-refractivity contribution in [3.63, 3.8) is 0 Å². The zero-order valence-corrected chi connectivity index (χ0v) is 6.83. The van der Waals surface area contributed by atoms with Gasteiger partial charge in [-0.25, -0.2) is 4.68 Å². The summed E-state index contributed by atoms with van der Waals surface area (Å²) < 4.78 is 1.20. The molecule has 66 valence electrons. The second kappa shape index (κ2) is 2.80. The van der Waals surface area contributed by atoms with Gasteiger partial charge >= 0.3 is 11.2 Å². The van der Waals surface area contributed by atoms with E-state index < -0.39 is 10.5 Å². The third kappa shape index (κ3) is 1.11. The zero-order valence-electron chi connectivity index (χ0n) is 6.83. The van der Waals surface area contributed by atoms with E-state index in [1.165, 1.54) is 11.6 Å². The number of nitrogens with one attached hydrogen (secondary N) is 1. The predicted octanol–water partition coefficient (Wildman–Crippen LogP) is 0.413. The SMILES string of the molecule is CCn1[nH]c(C)c([N+](=O)[O-])c1=O. The highest BCUT2D eigenvalue weighted by Crippen LogP contribution is 2.07. The molecule has 6 heteroatoms. The molecule has 0 saturated heterocycles. The molecule has 1 heterocycles. The van der Waals surface area contributed by atoms with Crippen LogP contribution < -0.4 is 5.56 Å². The molecule has 0 atom stereocenters. The number of aryl methyl sites for hydroxylation is 2. The summed E-state index contributed by atoms with van der Waals surface area (Å²) in [4.78, 5) is 20.8. The van der Waals surface area contributed by atoms with Gasteiger partial charge in [0.1, 0.15) is 5.69 Å². The second-order valence-corrected chi connectivity index (χ2v) is 2.39. The van der Waals surface area contributed by atoms with Gasteiger partial charge in [0.25, 0.3) is 0 Å². The summed E-state index contributed by atoms with van der Waals surface area (Å²) in [5.74, 6) is 0. The quantitative estimate of drug-likeness (QED) is 0.517. The van der Waals surface area contributed by atoms with E-state index >= 15 is 0 Å². The highest BCUT2D eigenvalue weighted by molar-refractivity contribution is 5.31. The molecular formula is C6H9N3O3. The monoisotopic (exact) mass is 171 g/mol. The zero-order chi connectivity index (χ0) is 9.30. The minimum Gasteiger partial charge on any atom is -0.293 e. The van der Waals surface area contributed by atoms with E-state index in [2.05, 4.69) is 5.10 Å². The van der Waals surface area contributed by atoms with Gasteiger partial charge in [0.15, 0.2) is 0 Å². The molecule has 1 N–H and O–H groups in total. The summed E-state index contributed by atoms with van der Waals surface area (Å²) in [5.41, 5.74) is -0.635. The van der Waals surface area contributed by atoms with Crippen LogP contribution in [0.4, 0.5) is 5.69 Å². The number of nitrogens with zero attached hydrogens (tertiary/aromatic N) is 2.